The molecule has 0 saturated heterocycles. The van der Waals surface area contributed by atoms with Gasteiger partial charge in [0, 0.05) is 4.47 Å². The summed E-state index contributed by atoms with van der Waals surface area (Å²) in [6.45, 7) is 4.54. The standard InChI is InChI=1S/C16H16BrClFN/c1-3-20-16(11-8-7-10(2)14(19)9-11)12-5-4-6-13(17)15(12)18/h4-9,16,20H,3H2,1-2H3. The Morgan fingerprint density at radius 2 is 2.05 bits per heavy atom. The fourth-order valence-electron chi connectivity index (χ4n) is 2.14. The summed E-state index contributed by atoms with van der Waals surface area (Å²) in [6, 6.07) is 11.0. The second-order valence-corrected chi connectivity index (χ2v) is 5.87. The molecule has 0 radical (unpaired) electrons. The highest BCUT2D eigenvalue weighted by Crippen LogP contribution is 2.33. The van der Waals surface area contributed by atoms with Gasteiger partial charge in [-0.3, -0.25) is 0 Å². The molecular formula is C16H16BrClFN. The van der Waals surface area contributed by atoms with Gasteiger partial charge < -0.3 is 5.32 Å². The lowest BCUT2D eigenvalue weighted by Gasteiger charge is -2.21. The molecule has 0 aromatic heterocycles. The fourth-order valence-corrected chi connectivity index (χ4v) is 2.76. The zero-order chi connectivity index (χ0) is 14.7. The third-order valence-electron chi connectivity index (χ3n) is 3.23. The minimum absolute atomic E-state index is 0.125. The smallest absolute Gasteiger partial charge is 0.126 e. The quantitative estimate of drug-likeness (QED) is 0.789. The number of hydrogen-bond acceptors (Lipinski definition) is 1. The summed E-state index contributed by atoms with van der Waals surface area (Å²) >= 11 is 9.79. The molecule has 0 bridgehead atoms. The second kappa shape index (κ2) is 6.70. The van der Waals surface area contributed by atoms with Crippen LogP contribution >= 0.6 is 27.5 Å². The first-order valence-corrected chi connectivity index (χ1v) is 7.65. The molecule has 1 atom stereocenters. The normalized spacial score (nSPS) is 12.4. The SMILES string of the molecule is CCNC(c1ccc(C)c(F)c1)c1cccc(Br)c1Cl. The number of nitrogens with one attached hydrogen (secondary N) is 1. The summed E-state index contributed by atoms with van der Waals surface area (Å²) in [5.41, 5.74) is 2.45. The van der Waals surface area contributed by atoms with E-state index in [9.17, 15) is 4.39 Å². The molecule has 0 heterocycles. The first-order valence-electron chi connectivity index (χ1n) is 6.48. The van der Waals surface area contributed by atoms with Crippen molar-refractivity contribution in [3.05, 3.63) is 68.4 Å². The highest BCUT2D eigenvalue weighted by Gasteiger charge is 2.18. The van der Waals surface area contributed by atoms with Crippen molar-refractivity contribution in [2.45, 2.75) is 19.9 Å². The molecule has 0 saturated carbocycles. The number of benzene rings is 2. The third-order valence-corrected chi connectivity index (χ3v) is 4.54. The summed E-state index contributed by atoms with van der Waals surface area (Å²) in [7, 11) is 0. The van der Waals surface area contributed by atoms with Gasteiger partial charge in [-0.05, 0) is 58.2 Å². The molecule has 2 aromatic rings. The van der Waals surface area contributed by atoms with E-state index in [-0.39, 0.29) is 11.9 Å². The molecule has 4 heteroatoms. The van der Waals surface area contributed by atoms with Crippen molar-refractivity contribution < 1.29 is 4.39 Å². The van der Waals surface area contributed by atoms with Crippen molar-refractivity contribution in [3.63, 3.8) is 0 Å². The average Bonchev–Trinajstić information content (AvgIpc) is 2.43. The summed E-state index contributed by atoms with van der Waals surface area (Å²) in [6.07, 6.45) is 0. The van der Waals surface area contributed by atoms with E-state index in [0.29, 0.717) is 10.6 Å². The van der Waals surface area contributed by atoms with Crippen molar-refractivity contribution in [2.75, 3.05) is 6.54 Å². The van der Waals surface area contributed by atoms with Gasteiger partial charge in [0.25, 0.3) is 0 Å². The lowest BCUT2D eigenvalue weighted by molar-refractivity contribution is 0.597. The van der Waals surface area contributed by atoms with Crippen LogP contribution < -0.4 is 5.32 Å². The summed E-state index contributed by atoms with van der Waals surface area (Å²) in [5, 5.41) is 4.01. The van der Waals surface area contributed by atoms with Gasteiger partial charge in [0.05, 0.1) is 11.1 Å². The maximum atomic E-state index is 13.8. The number of rotatable bonds is 4. The molecule has 0 aliphatic heterocycles. The summed E-state index contributed by atoms with van der Waals surface area (Å²) in [5.74, 6) is -0.198. The van der Waals surface area contributed by atoms with Crippen LogP contribution in [0.4, 0.5) is 4.39 Å². The van der Waals surface area contributed by atoms with Gasteiger partial charge in [0.2, 0.25) is 0 Å². The van der Waals surface area contributed by atoms with E-state index in [4.69, 9.17) is 11.6 Å². The van der Waals surface area contributed by atoms with E-state index in [1.165, 1.54) is 0 Å². The highest BCUT2D eigenvalue weighted by molar-refractivity contribution is 9.10. The zero-order valence-electron chi connectivity index (χ0n) is 11.4. The molecule has 1 nitrogen and oxygen atoms in total. The number of hydrogen-bond donors (Lipinski definition) is 1. The maximum Gasteiger partial charge on any atom is 0.126 e. The van der Waals surface area contributed by atoms with Crippen molar-refractivity contribution in [1.29, 1.82) is 0 Å². The van der Waals surface area contributed by atoms with E-state index < -0.39 is 0 Å². The Bertz CT molecular complexity index is 615. The Kier molecular flexibility index (Phi) is 5.19. The molecule has 0 aliphatic carbocycles. The number of aryl methyl sites for hydroxylation is 1. The van der Waals surface area contributed by atoms with Gasteiger partial charge in [0.1, 0.15) is 5.82 Å². The second-order valence-electron chi connectivity index (χ2n) is 4.64. The molecule has 0 amide bonds. The monoisotopic (exact) mass is 355 g/mol. The predicted molar refractivity (Wildman–Crippen MR) is 85.8 cm³/mol. The van der Waals surface area contributed by atoms with E-state index in [2.05, 4.69) is 21.2 Å². The Morgan fingerprint density at radius 3 is 2.70 bits per heavy atom. The van der Waals surface area contributed by atoms with Crippen molar-refractivity contribution in [3.8, 4) is 0 Å². The van der Waals surface area contributed by atoms with Crippen LogP contribution in [-0.4, -0.2) is 6.54 Å². The Balaban J connectivity index is 2.50. The van der Waals surface area contributed by atoms with Crippen LogP contribution in [0, 0.1) is 12.7 Å². The lowest BCUT2D eigenvalue weighted by Crippen LogP contribution is -2.22. The van der Waals surface area contributed by atoms with Gasteiger partial charge in [-0.1, -0.05) is 42.8 Å². The fraction of sp³-hybridized carbons (Fsp3) is 0.250. The van der Waals surface area contributed by atoms with E-state index >= 15 is 0 Å². The first kappa shape index (κ1) is 15.5. The topological polar surface area (TPSA) is 12.0 Å². The average molecular weight is 357 g/mol. The number of halogens is 3. The maximum absolute atomic E-state index is 13.8. The van der Waals surface area contributed by atoms with Gasteiger partial charge in [0.15, 0.2) is 0 Å². The summed E-state index contributed by atoms with van der Waals surface area (Å²) in [4.78, 5) is 0. The highest BCUT2D eigenvalue weighted by atomic mass is 79.9. The molecule has 0 spiro atoms. The first-order chi connectivity index (χ1) is 9.54. The van der Waals surface area contributed by atoms with Crippen LogP contribution in [-0.2, 0) is 0 Å². The Hall–Kier alpha value is -0.900. The van der Waals surface area contributed by atoms with Crippen LogP contribution in [0.25, 0.3) is 0 Å². The molecular weight excluding hydrogens is 341 g/mol. The van der Waals surface area contributed by atoms with E-state index in [0.717, 1.165) is 22.1 Å². The van der Waals surface area contributed by atoms with Gasteiger partial charge in [-0.2, -0.15) is 0 Å². The zero-order valence-corrected chi connectivity index (χ0v) is 13.7. The Morgan fingerprint density at radius 1 is 1.30 bits per heavy atom. The van der Waals surface area contributed by atoms with Gasteiger partial charge in [-0.15, -0.1) is 0 Å². The largest absolute Gasteiger partial charge is 0.306 e. The van der Waals surface area contributed by atoms with Crippen LogP contribution in [0.1, 0.15) is 29.7 Å². The molecule has 2 rings (SSSR count). The minimum Gasteiger partial charge on any atom is -0.306 e. The van der Waals surface area contributed by atoms with Crippen LogP contribution in [0.3, 0.4) is 0 Å². The van der Waals surface area contributed by atoms with Crippen molar-refractivity contribution >= 4 is 27.5 Å². The van der Waals surface area contributed by atoms with E-state index in [1.54, 1.807) is 19.1 Å². The predicted octanol–water partition coefficient (Wildman–Crippen LogP) is 5.25. The molecule has 0 aliphatic rings. The molecule has 1 N–H and O–H groups in total. The lowest BCUT2D eigenvalue weighted by atomic mass is 9.97. The molecule has 0 fully saturated rings. The molecule has 2 aromatic carbocycles. The molecule has 106 valence electrons. The Labute approximate surface area is 132 Å². The van der Waals surface area contributed by atoms with Crippen LogP contribution in [0.2, 0.25) is 5.02 Å². The van der Waals surface area contributed by atoms with E-state index in [1.807, 2.05) is 31.2 Å². The van der Waals surface area contributed by atoms with Gasteiger partial charge >= 0.3 is 0 Å². The van der Waals surface area contributed by atoms with Crippen molar-refractivity contribution in [2.24, 2.45) is 0 Å². The molecule has 1 unspecified atom stereocenters. The van der Waals surface area contributed by atoms with Crippen LogP contribution in [0.15, 0.2) is 40.9 Å². The summed E-state index contributed by atoms with van der Waals surface area (Å²) < 4.78 is 14.6. The minimum atomic E-state index is -0.198. The van der Waals surface area contributed by atoms with Gasteiger partial charge in [-0.25, -0.2) is 4.39 Å². The molecule has 20 heavy (non-hydrogen) atoms. The van der Waals surface area contributed by atoms with Crippen molar-refractivity contribution in [1.82, 2.24) is 5.32 Å². The third kappa shape index (κ3) is 3.22. The van der Waals surface area contributed by atoms with Crippen LogP contribution in [0.5, 0.6) is 0 Å².